The molecule has 0 saturated carbocycles. The Kier molecular flexibility index (Phi) is 5.25. The smallest absolute Gasteiger partial charge is 0.309 e. The molecule has 7 heteroatoms. The predicted molar refractivity (Wildman–Crippen MR) is 92.1 cm³/mol. The Morgan fingerprint density at radius 1 is 1.04 bits per heavy atom. The SMILES string of the molecule is O=C(NCc1ccc(F)cc1)C(=O)NCc1cc(-c2ccco2)cs1. The molecule has 0 aliphatic heterocycles. The summed E-state index contributed by atoms with van der Waals surface area (Å²) in [5.41, 5.74) is 1.64. The molecule has 0 aliphatic rings. The number of furan rings is 1. The Morgan fingerprint density at radius 3 is 2.44 bits per heavy atom. The van der Waals surface area contributed by atoms with Crippen molar-refractivity contribution in [3.8, 4) is 11.3 Å². The van der Waals surface area contributed by atoms with E-state index in [0.29, 0.717) is 5.56 Å². The molecule has 25 heavy (non-hydrogen) atoms. The van der Waals surface area contributed by atoms with Crippen molar-refractivity contribution in [3.05, 3.63) is 70.4 Å². The minimum atomic E-state index is -0.730. The Hall–Kier alpha value is -2.93. The van der Waals surface area contributed by atoms with Gasteiger partial charge < -0.3 is 15.1 Å². The second-order valence-electron chi connectivity index (χ2n) is 5.27. The number of hydrogen-bond acceptors (Lipinski definition) is 4. The van der Waals surface area contributed by atoms with Crippen LogP contribution in [0.3, 0.4) is 0 Å². The summed E-state index contributed by atoms with van der Waals surface area (Å²) in [5, 5.41) is 6.99. The highest BCUT2D eigenvalue weighted by atomic mass is 32.1. The lowest BCUT2D eigenvalue weighted by Crippen LogP contribution is -2.39. The van der Waals surface area contributed by atoms with Crippen molar-refractivity contribution in [2.24, 2.45) is 0 Å². The fourth-order valence-electron chi connectivity index (χ4n) is 2.16. The standard InChI is InChI=1S/C18H15FN2O3S/c19-14-5-3-12(4-6-14)9-20-17(22)18(23)21-10-15-8-13(11-25-15)16-2-1-7-24-16/h1-8,11H,9-10H2,(H,20,22)(H,21,23). The predicted octanol–water partition coefficient (Wildman–Crippen LogP) is 3.08. The molecule has 5 nitrogen and oxygen atoms in total. The minimum absolute atomic E-state index is 0.161. The molecule has 2 amide bonds. The number of rotatable bonds is 5. The Labute approximate surface area is 147 Å². The van der Waals surface area contributed by atoms with E-state index in [1.165, 1.54) is 23.5 Å². The van der Waals surface area contributed by atoms with Crippen LogP contribution in [0.2, 0.25) is 0 Å². The highest BCUT2D eigenvalue weighted by molar-refractivity contribution is 7.10. The monoisotopic (exact) mass is 358 g/mol. The lowest BCUT2D eigenvalue weighted by atomic mass is 10.2. The number of carbonyl (C=O) groups excluding carboxylic acids is 2. The van der Waals surface area contributed by atoms with Crippen LogP contribution in [-0.4, -0.2) is 11.8 Å². The van der Waals surface area contributed by atoms with Gasteiger partial charge >= 0.3 is 11.8 Å². The van der Waals surface area contributed by atoms with E-state index in [0.717, 1.165) is 16.2 Å². The summed E-state index contributed by atoms with van der Waals surface area (Å²) < 4.78 is 18.1. The molecule has 3 aromatic rings. The van der Waals surface area contributed by atoms with E-state index in [9.17, 15) is 14.0 Å². The third-order valence-corrected chi connectivity index (χ3v) is 4.39. The summed E-state index contributed by atoms with van der Waals surface area (Å²) in [6, 6.07) is 11.3. The van der Waals surface area contributed by atoms with Gasteiger partial charge in [0.2, 0.25) is 0 Å². The van der Waals surface area contributed by atoms with Gasteiger partial charge in [-0.15, -0.1) is 11.3 Å². The van der Waals surface area contributed by atoms with Crippen LogP contribution in [0.15, 0.2) is 58.5 Å². The first-order valence-electron chi connectivity index (χ1n) is 7.53. The second kappa shape index (κ2) is 7.76. The Balaban J connectivity index is 1.47. The number of thiophene rings is 1. The third kappa shape index (κ3) is 4.54. The second-order valence-corrected chi connectivity index (χ2v) is 6.27. The van der Waals surface area contributed by atoms with Crippen molar-refractivity contribution >= 4 is 23.2 Å². The minimum Gasteiger partial charge on any atom is -0.464 e. The average Bonchev–Trinajstić information content (AvgIpc) is 3.30. The molecule has 0 radical (unpaired) electrons. The molecular weight excluding hydrogens is 343 g/mol. The third-order valence-electron chi connectivity index (χ3n) is 3.46. The summed E-state index contributed by atoms with van der Waals surface area (Å²) in [6.45, 7) is 0.419. The molecule has 2 N–H and O–H groups in total. The fraction of sp³-hybridized carbons (Fsp3) is 0.111. The van der Waals surface area contributed by atoms with Crippen molar-refractivity contribution in [2.75, 3.05) is 0 Å². The van der Waals surface area contributed by atoms with Crippen LogP contribution in [0, 0.1) is 5.82 Å². The van der Waals surface area contributed by atoms with Gasteiger partial charge in [-0.25, -0.2) is 4.39 Å². The number of benzene rings is 1. The number of hydrogen-bond donors (Lipinski definition) is 2. The first-order valence-corrected chi connectivity index (χ1v) is 8.41. The van der Waals surface area contributed by atoms with Gasteiger partial charge in [-0.1, -0.05) is 12.1 Å². The van der Waals surface area contributed by atoms with Gasteiger partial charge in [0.15, 0.2) is 0 Å². The largest absolute Gasteiger partial charge is 0.464 e. The molecule has 0 aliphatic carbocycles. The molecule has 0 atom stereocenters. The first-order chi connectivity index (χ1) is 12.1. The molecule has 0 spiro atoms. The molecule has 2 aromatic heterocycles. The Bertz CT molecular complexity index is 857. The van der Waals surface area contributed by atoms with Crippen LogP contribution in [0.5, 0.6) is 0 Å². The van der Waals surface area contributed by atoms with Gasteiger partial charge in [0.25, 0.3) is 0 Å². The van der Waals surface area contributed by atoms with Crippen LogP contribution in [0.25, 0.3) is 11.3 Å². The molecule has 0 unspecified atom stereocenters. The molecule has 1 aromatic carbocycles. The van der Waals surface area contributed by atoms with E-state index in [1.807, 2.05) is 17.5 Å². The van der Waals surface area contributed by atoms with Crippen molar-refractivity contribution in [1.82, 2.24) is 10.6 Å². The van der Waals surface area contributed by atoms with Crippen LogP contribution in [-0.2, 0) is 22.7 Å². The van der Waals surface area contributed by atoms with Gasteiger partial charge in [-0.3, -0.25) is 9.59 Å². The zero-order chi connectivity index (χ0) is 17.6. The van der Waals surface area contributed by atoms with E-state index < -0.39 is 11.8 Å². The summed E-state index contributed by atoms with van der Waals surface area (Å²) in [5.74, 6) is -1.04. The zero-order valence-electron chi connectivity index (χ0n) is 13.1. The topological polar surface area (TPSA) is 71.3 Å². The highest BCUT2D eigenvalue weighted by Crippen LogP contribution is 2.25. The van der Waals surface area contributed by atoms with Gasteiger partial charge in [0.05, 0.1) is 12.8 Å². The van der Waals surface area contributed by atoms with E-state index in [-0.39, 0.29) is 18.9 Å². The van der Waals surface area contributed by atoms with Crippen molar-refractivity contribution in [3.63, 3.8) is 0 Å². The van der Waals surface area contributed by atoms with Crippen LogP contribution >= 0.6 is 11.3 Å². The molecule has 0 saturated heterocycles. The van der Waals surface area contributed by atoms with Gasteiger partial charge in [0, 0.05) is 22.4 Å². The maximum absolute atomic E-state index is 12.8. The Morgan fingerprint density at radius 2 is 1.76 bits per heavy atom. The summed E-state index contributed by atoms with van der Waals surface area (Å²) in [7, 11) is 0. The molecular formula is C18H15FN2O3S. The van der Waals surface area contributed by atoms with E-state index in [4.69, 9.17) is 4.42 Å². The summed E-state index contributed by atoms with van der Waals surface area (Å²) in [4.78, 5) is 24.5. The van der Waals surface area contributed by atoms with Crippen molar-refractivity contribution in [2.45, 2.75) is 13.1 Å². The maximum atomic E-state index is 12.8. The first kappa shape index (κ1) is 16.9. The van der Waals surface area contributed by atoms with Crippen LogP contribution < -0.4 is 10.6 Å². The molecule has 0 fully saturated rings. The number of amides is 2. The number of carbonyl (C=O) groups is 2. The van der Waals surface area contributed by atoms with Crippen LogP contribution in [0.1, 0.15) is 10.4 Å². The normalized spacial score (nSPS) is 10.4. The van der Waals surface area contributed by atoms with Gasteiger partial charge in [-0.2, -0.15) is 0 Å². The van der Waals surface area contributed by atoms with E-state index >= 15 is 0 Å². The highest BCUT2D eigenvalue weighted by Gasteiger charge is 2.13. The summed E-state index contributed by atoms with van der Waals surface area (Å²) >= 11 is 1.47. The van der Waals surface area contributed by atoms with Crippen molar-refractivity contribution < 1.29 is 18.4 Å². The fourth-order valence-corrected chi connectivity index (χ4v) is 2.97. The lowest BCUT2D eigenvalue weighted by Gasteiger charge is -2.06. The molecule has 0 bridgehead atoms. The maximum Gasteiger partial charge on any atom is 0.309 e. The number of halogens is 1. The van der Waals surface area contributed by atoms with E-state index in [1.54, 1.807) is 24.5 Å². The van der Waals surface area contributed by atoms with E-state index in [2.05, 4.69) is 10.6 Å². The zero-order valence-corrected chi connectivity index (χ0v) is 13.9. The van der Waals surface area contributed by atoms with Crippen molar-refractivity contribution in [1.29, 1.82) is 0 Å². The van der Waals surface area contributed by atoms with Crippen LogP contribution in [0.4, 0.5) is 4.39 Å². The lowest BCUT2D eigenvalue weighted by molar-refractivity contribution is -0.139. The molecule has 2 heterocycles. The van der Waals surface area contributed by atoms with Gasteiger partial charge in [-0.05, 0) is 35.9 Å². The molecule has 128 valence electrons. The molecule has 3 rings (SSSR count). The average molecular weight is 358 g/mol. The summed E-state index contributed by atoms with van der Waals surface area (Å²) in [6.07, 6.45) is 1.60. The number of nitrogens with one attached hydrogen (secondary N) is 2. The quantitative estimate of drug-likeness (QED) is 0.689. The van der Waals surface area contributed by atoms with Gasteiger partial charge in [0.1, 0.15) is 11.6 Å².